The van der Waals surface area contributed by atoms with E-state index in [1.165, 1.54) is 0 Å². The maximum absolute atomic E-state index is 13.6. The molecule has 316 valence electrons. The number of piperidine rings is 2. The summed E-state index contributed by atoms with van der Waals surface area (Å²) in [5, 5.41) is 6.43. The van der Waals surface area contributed by atoms with Crippen molar-refractivity contribution < 1.29 is 23.9 Å². The molecular weight excluding hydrogens is 773 g/mol. The van der Waals surface area contributed by atoms with Crippen LogP contribution in [0, 0.1) is 23.3 Å². The lowest BCUT2D eigenvalue weighted by Gasteiger charge is -2.63. The summed E-state index contributed by atoms with van der Waals surface area (Å²) in [6.07, 6.45) is 7.42. The Bertz CT molecular complexity index is 2420. The van der Waals surface area contributed by atoms with Gasteiger partial charge in [-0.1, -0.05) is 33.8 Å². The molecule has 2 N–H and O–H groups in total. The fraction of sp³-hybridized carbons (Fsp3) is 0.478. The van der Waals surface area contributed by atoms with Crippen LogP contribution in [0.5, 0.6) is 5.75 Å². The third kappa shape index (κ3) is 7.41. The van der Waals surface area contributed by atoms with E-state index < -0.39 is 6.04 Å². The van der Waals surface area contributed by atoms with Gasteiger partial charge >= 0.3 is 0 Å². The minimum Gasteiger partial charge on any atom is -0.489 e. The minimum absolute atomic E-state index is 0.146. The minimum atomic E-state index is -0.609. The monoisotopic (exact) mass is 824 g/mol. The second-order valence-corrected chi connectivity index (χ2v) is 18.4. The van der Waals surface area contributed by atoms with Gasteiger partial charge in [-0.15, -0.1) is 0 Å². The maximum atomic E-state index is 13.6. The largest absolute Gasteiger partial charge is 0.489 e. The number of carbonyl (C=O) groups is 4. The molecule has 0 bridgehead atoms. The van der Waals surface area contributed by atoms with Gasteiger partial charge in [0.15, 0.2) is 0 Å². The fourth-order valence-corrected chi connectivity index (χ4v) is 10.7. The highest BCUT2D eigenvalue weighted by molar-refractivity contribution is 6.05. The van der Waals surface area contributed by atoms with Crippen molar-refractivity contribution in [3.63, 3.8) is 0 Å². The Morgan fingerprint density at radius 1 is 0.918 bits per heavy atom. The smallest absolute Gasteiger partial charge is 0.255 e. The van der Waals surface area contributed by atoms with Gasteiger partial charge in [-0.25, -0.2) is 14.8 Å². The number of fused-ring (bicyclic) bond motifs is 2. The standard InChI is InChI=1S/C46H52N10O5/c1-45(2)42(46(3,4)43(45)61-36-12-10-34(47-5)38-33(36)7-6-16-48-38)52-39(58)30-24-49-44(50-25-30)55-17-14-28(15-18-55)26-53-19-21-54(22-20-53)31-8-9-32-29(23-31)27-56(41(32)60)35-11-13-37(57)51-40(35)59/h6-10,12,16,23-25,28,35,42-43H,11,13-15,17-22,26-27H2,1-4H3,(H,52,58)(H,51,57,59)/t35-,42?,43?/m0/s1. The fourth-order valence-electron chi connectivity index (χ4n) is 10.7. The number of pyridine rings is 1. The van der Waals surface area contributed by atoms with Gasteiger partial charge in [0.2, 0.25) is 23.5 Å². The van der Waals surface area contributed by atoms with Crippen LogP contribution in [0.3, 0.4) is 0 Å². The highest BCUT2D eigenvalue weighted by Gasteiger charge is 2.64. The predicted octanol–water partition coefficient (Wildman–Crippen LogP) is 4.99. The molecule has 1 aliphatic carbocycles. The zero-order valence-corrected chi connectivity index (χ0v) is 35.2. The Balaban J connectivity index is 0.733. The average molecular weight is 825 g/mol. The molecule has 0 spiro atoms. The SMILES string of the molecule is [C-]#[N+]c1ccc(OC2C(C)(C)C(NC(=O)c3cnc(N4CCC(CN5CCN(c6ccc7c(c6)CN([C@H]6CCC(=O)NC6=O)C7=O)CC5)CC4)nc3)C2(C)C)c2cccnc12. The number of nitrogens with zero attached hydrogens (tertiary/aromatic N) is 8. The molecule has 2 aromatic carbocycles. The molecule has 15 heteroatoms. The quantitative estimate of drug-likeness (QED) is 0.173. The number of anilines is 2. The first kappa shape index (κ1) is 40.3. The Labute approximate surface area is 355 Å². The van der Waals surface area contributed by atoms with E-state index in [0.717, 1.165) is 75.3 Å². The van der Waals surface area contributed by atoms with Crippen molar-refractivity contribution >= 4 is 51.9 Å². The molecule has 2 aromatic heterocycles. The number of carbonyl (C=O) groups excluding carboxylic acids is 4. The molecule has 3 saturated heterocycles. The third-order valence-electron chi connectivity index (χ3n) is 13.7. The third-order valence-corrected chi connectivity index (χ3v) is 13.7. The molecule has 6 heterocycles. The lowest BCUT2D eigenvalue weighted by Crippen LogP contribution is -2.74. The van der Waals surface area contributed by atoms with E-state index in [0.29, 0.717) is 52.9 Å². The highest BCUT2D eigenvalue weighted by atomic mass is 16.5. The van der Waals surface area contributed by atoms with Gasteiger partial charge in [0.25, 0.3) is 11.8 Å². The van der Waals surface area contributed by atoms with Crippen molar-refractivity contribution in [1.29, 1.82) is 0 Å². The Morgan fingerprint density at radius 3 is 2.36 bits per heavy atom. The number of nitrogens with one attached hydrogen (secondary N) is 2. The predicted molar refractivity (Wildman–Crippen MR) is 229 cm³/mol. The number of ether oxygens (including phenoxy) is 1. The summed E-state index contributed by atoms with van der Waals surface area (Å²) in [6, 6.07) is 12.6. The molecule has 61 heavy (non-hydrogen) atoms. The van der Waals surface area contributed by atoms with E-state index >= 15 is 0 Å². The number of piperazine rings is 1. The topological polar surface area (TPSA) is 158 Å². The first-order valence-corrected chi connectivity index (χ1v) is 21.4. The van der Waals surface area contributed by atoms with E-state index in [1.807, 2.05) is 30.3 Å². The van der Waals surface area contributed by atoms with Crippen LogP contribution in [-0.2, 0) is 16.1 Å². The second-order valence-electron chi connectivity index (χ2n) is 18.4. The number of hydrogen-bond acceptors (Lipinski definition) is 11. The molecule has 1 saturated carbocycles. The molecule has 9 rings (SSSR count). The van der Waals surface area contributed by atoms with E-state index in [1.54, 1.807) is 29.6 Å². The number of rotatable bonds is 9. The highest BCUT2D eigenvalue weighted by Crippen LogP contribution is 2.56. The van der Waals surface area contributed by atoms with E-state index in [-0.39, 0.29) is 53.0 Å². The van der Waals surface area contributed by atoms with Crippen LogP contribution >= 0.6 is 0 Å². The van der Waals surface area contributed by atoms with Gasteiger partial charge < -0.3 is 24.8 Å². The van der Waals surface area contributed by atoms with Crippen molar-refractivity contribution in [2.45, 2.75) is 78.1 Å². The van der Waals surface area contributed by atoms with Crippen molar-refractivity contribution in [3.05, 3.63) is 89.2 Å². The van der Waals surface area contributed by atoms with Gasteiger partial charge in [0.1, 0.15) is 17.9 Å². The number of benzene rings is 2. The normalized spacial score (nSPS) is 23.9. The number of hydrogen-bond donors (Lipinski definition) is 2. The van der Waals surface area contributed by atoms with Gasteiger partial charge in [-0.3, -0.25) is 34.4 Å². The zero-order valence-electron chi connectivity index (χ0n) is 35.2. The van der Waals surface area contributed by atoms with Crippen LogP contribution < -0.4 is 25.2 Å². The molecule has 5 aliphatic rings. The van der Waals surface area contributed by atoms with E-state index in [2.05, 4.69) is 78.9 Å². The van der Waals surface area contributed by atoms with E-state index in [9.17, 15) is 19.2 Å². The first-order valence-electron chi connectivity index (χ1n) is 21.4. The molecule has 4 fully saturated rings. The molecule has 1 atom stereocenters. The van der Waals surface area contributed by atoms with Crippen LogP contribution in [0.4, 0.5) is 17.3 Å². The van der Waals surface area contributed by atoms with Crippen molar-refractivity contribution in [2.24, 2.45) is 16.7 Å². The van der Waals surface area contributed by atoms with Crippen molar-refractivity contribution in [2.75, 3.05) is 55.6 Å². The summed E-state index contributed by atoms with van der Waals surface area (Å²) in [6.45, 7) is 22.8. The molecule has 0 radical (unpaired) electrons. The molecular formula is C46H52N10O5. The van der Waals surface area contributed by atoms with Crippen LogP contribution in [0.25, 0.3) is 15.7 Å². The van der Waals surface area contributed by atoms with Gasteiger partial charge in [-0.2, -0.15) is 0 Å². The Morgan fingerprint density at radius 2 is 1.66 bits per heavy atom. The summed E-state index contributed by atoms with van der Waals surface area (Å²) in [4.78, 5) is 76.9. The average Bonchev–Trinajstić information content (AvgIpc) is 3.59. The number of aromatic nitrogens is 3. The summed E-state index contributed by atoms with van der Waals surface area (Å²) < 4.78 is 6.65. The molecule has 0 unspecified atom stereocenters. The summed E-state index contributed by atoms with van der Waals surface area (Å²) >= 11 is 0. The van der Waals surface area contributed by atoms with Gasteiger partial charge in [0, 0.05) is 111 Å². The maximum Gasteiger partial charge on any atom is 0.255 e. The molecule has 15 nitrogen and oxygen atoms in total. The van der Waals surface area contributed by atoms with Crippen molar-refractivity contribution in [3.8, 4) is 5.75 Å². The summed E-state index contributed by atoms with van der Waals surface area (Å²) in [5.74, 6) is 0.861. The van der Waals surface area contributed by atoms with Gasteiger partial charge in [-0.05, 0) is 67.1 Å². The number of amides is 4. The van der Waals surface area contributed by atoms with E-state index in [4.69, 9.17) is 11.3 Å². The molecule has 4 aromatic rings. The van der Waals surface area contributed by atoms with Crippen LogP contribution in [0.15, 0.2) is 61.1 Å². The molecule has 4 aliphatic heterocycles. The second kappa shape index (κ2) is 15.7. The van der Waals surface area contributed by atoms with Crippen LogP contribution in [0.2, 0.25) is 0 Å². The first-order chi connectivity index (χ1) is 29.3. The zero-order chi connectivity index (χ0) is 42.6. The lowest BCUT2D eigenvalue weighted by molar-refractivity contribution is -0.163. The van der Waals surface area contributed by atoms with Crippen molar-refractivity contribution in [1.82, 2.24) is 35.4 Å². The lowest BCUT2D eigenvalue weighted by atomic mass is 9.49. The van der Waals surface area contributed by atoms with Gasteiger partial charge in [0.05, 0.1) is 17.7 Å². The number of imide groups is 1. The summed E-state index contributed by atoms with van der Waals surface area (Å²) in [5.41, 5.74) is 3.41. The van der Waals surface area contributed by atoms with Crippen LogP contribution in [-0.4, -0.2) is 112 Å². The Kier molecular flexibility index (Phi) is 10.4. The Hall–Kier alpha value is -6.14. The van der Waals surface area contributed by atoms with Crippen LogP contribution in [0.1, 0.15) is 79.7 Å². The summed E-state index contributed by atoms with van der Waals surface area (Å²) in [7, 11) is 0. The molecule has 4 amide bonds.